The van der Waals surface area contributed by atoms with Gasteiger partial charge in [-0.3, -0.25) is 0 Å². The van der Waals surface area contributed by atoms with E-state index in [1.54, 1.807) is 7.11 Å². The number of para-hydroxylation sites is 2. The maximum Gasteiger partial charge on any atom is 0.178 e. The summed E-state index contributed by atoms with van der Waals surface area (Å²) in [6, 6.07) is 54.7. The topological polar surface area (TPSA) is 45.5 Å². The highest BCUT2D eigenvalue weighted by Gasteiger charge is 2.40. The molecule has 0 spiro atoms. The average Bonchev–Trinajstić information content (AvgIpc) is 3.51. The molecule has 0 fully saturated rings. The minimum Gasteiger partial charge on any atom is -0.497 e. The second-order valence-electron chi connectivity index (χ2n) is 12.3. The van der Waals surface area contributed by atoms with Crippen LogP contribution in [0.15, 0.2) is 158 Å². The zero-order chi connectivity index (χ0) is 33.0. The molecule has 49 heavy (non-hydrogen) atoms. The van der Waals surface area contributed by atoms with Crippen LogP contribution in [0.1, 0.15) is 22.3 Å². The number of hydrogen-bond acceptors (Lipinski definition) is 4. The van der Waals surface area contributed by atoms with Crippen molar-refractivity contribution in [3.05, 3.63) is 180 Å². The van der Waals surface area contributed by atoms with Crippen molar-refractivity contribution in [1.29, 1.82) is 5.26 Å². The minimum atomic E-state index is -0.972. The lowest BCUT2D eigenvalue weighted by Crippen LogP contribution is -2.34. The van der Waals surface area contributed by atoms with Crippen molar-refractivity contribution in [2.24, 2.45) is 0 Å². The number of anilines is 3. The Labute approximate surface area is 285 Å². The Morgan fingerprint density at radius 2 is 1.18 bits per heavy atom. The highest BCUT2D eigenvalue weighted by Crippen LogP contribution is 2.55. The van der Waals surface area contributed by atoms with Crippen LogP contribution in [-0.4, -0.2) is 7.11 Å². The second-order valence-corrected chi connectivity index (χ2v) is 12.3. The van der Waals surface area contributed by atoms with Crippen LogP contribution in [0.25, 0.3) is 39.1 Å². The summed E-state index contributed by atoms with van der Waals surface area (Å²) in [4.78, 5) is 2.25. The third kappa shape index (κ3) is 4.37. The fourth-order valence-corrected chi connectivity index (χ4v) is 7.51. The molecule has 0 saturated heterocycles. The van der Waals surface area contributed by atoms with Gasteiger partial charge >= 0.3 is 0 Å². The van der Waals surface area contributed by atoms with E-state index in [4.69, 9.17) is 9.47 Å². The smallest absolute Gasteiger partial charge is 0.178 e. The fourth-order valence-electron chi connectivity index (χ4n) is 7.51. The number of nitrogens with zero attached hydrogens (tertiary/aromatic N) is 2. The molecular weight excluding hydrogens is 601 g/mol. The van der Waals surface area contributed by atoms with Crippen molar-refractivity contribution in [2.45, 2.75) is 5.60 Å². The number of nitriles is 1. The number of methoxy groups -OCH3 is 1. The molecule has 1 heterocycles. The van der Waals surface area contributed by atoms with E-state index >= 15 is 0 Å². The quantitative estimate of drug-likeness (QED) is 0.183. The van der Waals surface area contributed by atoms with Gasteiger partial charge in [0.2, 0.25) is 0 Å². The first-order valence-electron chi connectivity index (χ1n) is 16.4. The predicted molar refractivity (Wildman–Crippen MR) is 198 cm³/mol. The number of hydrogen-bond donors (Lipinski definition) is 0. The summed E-state index contributed by atoms with van der Waals surface area (Å²) in [6.07, 6.45) is 4.18. The maximum absolute atomic E-state index is 10.6. The Bertz CT molecular complexity index is 2410. The van der Waals surface area contributed by atoms with Crippen LogP contribution >= 0.6 is 0 Å². The van der Waals surface area contributed by atoms with Gasteiger partial charge in [-0.1, -0.05) is 103 Å². The first-order chi connectivity index (χ1) is 24.2. The molecular formula is C45H30N2O2. The van der Waals surface area contributed by atoms with Gasteiger partial charge in [0, 0.05) is 50.1 Å². The van der Waals surface area contributed by atoms with Gasteiger partial charge in [-0.05, 0) is 77.4 Å². The van der Waals surface area contributed by atoms with Gasteiger partial charge in [0.15, 0.2) is 5.60 Å². The molecule has 0 amide bonds. The molecule has 7 aromatic rings. The van der Waals surface area contributed by atoms with Crippen LogP contribution in [0, 0.1) is 11.3 Å². The first kappa shape index (κ1) is 28.6. The summed E-state index contributed by atoms with van der Waals surface area (Å²) in [5, 5.41) is 12.7. The Morgan fingerprint density at radius 1 is 0.612 bits per heavy atom. The Hall–Kier alpha value is -6.57. The SMILES string of the molecule is COc1ccc(C2(c3ccc(N(c4ccccc4)c4ccccc4)cc3)C=Cc3c(C#N)c4c5c(cccc5c3O2)-c2ccccc2-4)cc1. The van der Waals surface area contributed by atoms with Gasteiger partial charge in [-0.2, -0.15) is 5.26 Å². The van der Waals surface area contributed by atoms with Gasteiger partial charge in [0.05, 0.1) is 12.7 Å². The molecule has 0 radical (unpaired) electrons. The monoisotopic (exact) mass is 630 g/mol. The number of ether oxygens (including phenoxy) is 2. The summed E-state index contributed by atoms with van der Waals surface area (Å²) < 4.78 is 12.9. The van der Waals surface area contributed by atoms with E-state index in [-0.39, 0.29) is 0 Å². The molecule has 1 atom stereocenters. The molecule has 1 aliphatic carbocycles. The van der Waals surface area contributed by atoms with Crippen molar-refractivity contribution < 1.29 is 9.47 Å². The van der Waals surface area contributed by atoms with Gasteiger partial charge in [0.25, 0.3) is 0 Å². The summed E-state index contributed by atoms with van der Waals surface area (Å²) >= 11 is 0. The molecule has 2 aliphatic rings. The largest absolute Gasteiger partial charge is 0.497 e. The van der Waals surface area contributed by atoms with Gasteiger partial charge in [0.1, 0.15) is 17.6 Å². The lowest BCUT2D eigenvalue weighted by atomic mass is 9.81. The van der Waals surface area contributed by atoms with E-state index in [9.17, 15) is 5.26 Å². The van der Waals surface area contributed by atoms with Gasteiger partial charge in [-0.15, -0.1) is 0 Å². The predicted octanol–water partition coefficient (Wildman–Crippen LogP) is 11.2. The van der Waals surface area contributed by atoms with Crippen LogP contribution < -0.4 is 14.4 Å². The van der Waals surface area contributed by atoms with E-state index < -0.39 is 5.60 Å². The maximum atomic E-state index is 10.6. The van der Waals surface area contributed by atoms with Crippen LogP contribution in [0.4, 0.5) is 17.1 Å². The van der Waals surface area contributed by atoms with E-state index in [0.717, 1.165) is 72.5 Å². The molecule has 0 bridgehead atoms. The van der Waals surface area contributed by atoms with E-state index in [2.05, 4.69) is 144 Å². The van der Waals surface area contributed by atoms with Gasteiger partial charge < -0.3 is 14.4 Å². The summed E-state index contributed by atoms with van der Waals surface area (Å²) in [7, 11) is 1.67. The van der Waals surface area contributed by atoms with Crippen LogP contribution in [0.5, 0.6) is 11.5 Å². The minimum absolute atomic E-state index is 0.635. The molecule has 9 rings (SSSR count). The van der Waals surface area contributed by atoms with Crippen LogP contribution in [0.2, 0.25) is 0 Å². The molecule has 1 aliphatic heterocycles. The van der Waals surface area contributed by atoms with Crippen LogP contribution in [0.3, 0.4) is 0 Å². The number of rotatable bonds is 6. The summed E-state index contributed by atoms with van der Waals surface area (Å²) in [5.41, 5.74) is 9.91. The Balaban J connectivity index is 1.24. The zero-order valence-corrected chi connectivity index (χ0v) is 26.8. The zero-order valence-electron chi connectivity index (χ0n) is 26.8. The number of fused-ring (bicyclic) bond motifs is 5. The molecule has 4 nitrogen and oxygen atoms in total. The van der Waals surface area contributed by atoms with E-state index in [1.807, 2.05) is 30.3 Å². The van der Waals surface area contributed by atoms with Crippen molar-refractivity contribution in [2.75, 3.05) is 12.0 Å². The third-order valence-corrected chi connectivity index (χ3v) is 9.77. The Kier molecular flexibility index (Phi) is 6.60. The lowest BCUT2D eigenvalue weighted by molar-refractivity contribution is 0.163. The van der Waals surface area contributed by atoms with E-state index in [0.29, 0.717) is 11.3 Å². The summed E-state index contributed by atoms with van der Waals surface area (Å²) in [5.74, 6) is 1.48. The average molecular weight is 631 g/mol. The third-order valence-electron chi connectivity index (χ3n) is 9.77. The molecule has 1 unspecified atom stereocenters. The molecule has 0 saturated carbocycles. The van der Waals surface area contributed by atoms with Gasteiger partial charge in [-0.25, -0.2) is 0 Å². The fraction of sp³-hybridized carbons (Fsp3) is 0.0444. The standard InChI is InChI=1S/C45H30N2O2/c1-48-35-25-21-31(22-26-35)45(30-19-23-34(24-20-30)47(32-11-4-2-5-12-32)33-13-6-3-7-14-33)28-27-39-41(29-46)43-37-16-9-8-15-36(37)38-17-10-18-40(42(38)43)44(39)49-45/h2-28H,1H3. The van der Waals surface area contributed by atoms with E-state index in [1.165, 1.54) is 0 Å². The Morgan fingerprint density at radius 3 is 1.82 bits per heavy atom. The van der Waals surface area contributed by atoms with Crippen LogP contribution in [-0.2, 0) is 5.60 Å². The number of benzene rings is 7. The molecule has 0 N–H and O–H groups in total. The molecule has 7 aromatic carbocycles. The normalized spacial score (nSPS) is 15.2. The lowest BCUT2D eigenvalue weighted by Gasteiger charge is -2.37. The summed E-state index contributed by atoms with van der Waals surface area (Å²) in [6.45, 7) is 0. The second kappa shape index (κ2) is 11.3. The molecule has 232 valence electrons. The van der Waals surface area contributed by atoms with Crippen molar-refractivity contribution in [1.82, 2.24) is 0 Å². The molecule has 0 aromatic heterocycles. The van der Waals surface area contributed by atoms with Crippen molar-refractivity contribution >= 4 is 33.9 Å². The molecule has 4 heteroatoms. The van der Waals surface area contributed by atoms with Crippen molar-refractivity contribution in [3.63, 3.8) is 0 Å². The first-order valence-corrected chi connectivity index (χ1v) is 16.4. The highest BCUT2D eigenvalue weighted by molar-refractivity contribution is 6.19. The highest BCUT2D eigenvalue weighted by atomic mass is 16.5. The van der Waals surface area contributed by atoms with Crippen molar-refractivity contribution in [3.8, 4) is 39.8 Å².